The van der Waals surface area contributed by atoms with Crippen LogP contribution in [0.4, 0.5) is 4.39 Å². The number of hydrogen-bond acceptors (Lipinski definition) is 1. The third-order valence-electron chi connectivity index (χ3n) is 4.62. The fraction of sp³-hybridized carbons (Fsp3) is 0.625. The SMILES string of the molecule is CC(C)c1cc(CN2CC3(CCC3)C2)ccc1F. The number of nitrogens with zero attached hydrogens (tertiary/aromatic N) is 1. The van der Waals surface area contributed by atoms with Crippen molar-refractivity contribution in [1.82, 2.24) is 4.90 Å². The molecule has 98 valence electrons. The molecule has 0 radical (unpaired) electrons. The van der Waals surface area contributed by atoms with Gasteiger partial charge in [0.05, 0.1) is 0 Å². The average Bonchev–Trinajstić information content (AvgIpc) is 2.22. The molecule has 0 aromatic heterocycles. The smallest absolute Gasteiger partial charge is 0.126 e. The second-order valence-electron chi connectivity index (χ2n) is 6.51. The van der Waals surface area contributed by atoms with Crippen molar-refractivity contribution in [2.24, 2.45) is 5.41 Å². The van der Waals surface area contributed by atoms with Crippen LogP contribution >= 0.6 is 0 Å². The normalized spacial score (nSPS) is 22.0. The standard InChI is InChI=1S/C16H22FN/c1-12(2)14-8-13(4-5-15(14)17)9-18-10-16(11-18)6-3-7-16/h4-5,8,12H,3,6-7,9-11H2,1-2H3. The van der Waals surface area contributed by atoms with E-state index in [2.05, 4.69) is 18.7 Å². The maximum Gasteiger partial charge on any atom is 0.126 e. The molecule has 1 nitrogen and oxygen atoms in total. The molecule has 1 saturated carbocycles. The van der Waals surface area contributed by atoms with Crippen LogP contribution in [0.1, 0.15) is 50.2 Å². The van der Waals surface area contributed by atoms with Gasteiger partial charge in [-0.3, -0.25) is 4.90 Å². The van der Waals surface area contributed by atoms with E-state index in [0.717, 1.165) is 12.1 Å². The zero-order chi connectivity index (χ0) is 12.8. The summed E-state index contributed by atoms with van der Waals surface area (Å²) in [5, 5.41) is 0. The van der Waals surface area contributed by atoms with Crippen LogP contribution in [0.5, 0.6) is 0 Å². The Bertz CT molecular complexity index is 440. The third kappa shape index (κ3) is 2.07. The van der Waals surface area contributed by atoms with E-state index in [1.54, 1.807) is 6.07 Å². The molecule has 18 heavy (non-hydrogen) atoms. The minimum atomic E-state index is -0.0622. The van der Waals surface area contributed by atoms with E-state index >= 15 is 0 Å². The average molecular weight is 247 g/mol. The van der Waals surface area contributed by atoms with Crippen LogP contribution in [0.2, 0.25) is 0 Å². The molecule has 1 heterocycles. The van der Waals surface area contributed by atoms with Gasteiger partial charge in [-0.05, 0) is 41.4 Å². The maximum absolute atomic E-state index is 13.6. The molecule has 1 saturated heterocycles. The zero-order valence-electron chi connectivity index (χ0n) is 11.4. The third-order valence-corrected chi connectivity index (χ3v) is 4.62. The lowest BCUT2D eigenvalue weighted by molar-refractivity contribution is -0.0645. The van der Waals surface area contributed by atoms with Gasteiger partial charge in [0.2, 0.25) is 0 Å². The van der Waals surface area contributed by atoms with E-state index < -0.39 is 0 Å². The molecule has 2 aliphatic rings. The molecule has 3 rings (SSSR count). The largest absolute Gasteiger partial charge is 0.298 e. The van der Waals surface area contributed by atoms with Gasteiger partial charge in [0, 0.05) is 19.6 Å². The summed E-state index contributed by atoms with van der Waals surface area (Å²) in [6.07, 6.45) is 4.26. The number of rotatable bonds is 3. The molecular formula is C16H22FN. The highest BCUT2D eigenvalue weighted by Crippen LogP contribution is 2.48. The number of likely N-dealkylation sites (tertiary alicyclic amines) is 1. The van der Waals surface area contributed by atoms with E-state index in [-0.39, 0.29) is 11.7 Å². The Kier molecular flexibility index (Phi) is 2.93. The van der Waals surface area contributed by atoms with Gasteiger partial charge in [0.15, 0.2) is 0 Å². The molecule has 2 heteroatoms. The second-order valence-corrected chi connectivity index (χ2v) is 6.51. The van der Waals surface area contributed by atoms with Crippen LogP contribution in [-0.2, 0) is 6.54 Å². The molecule has 2 fully saturated rings. The first kappa shape index (κ1) is 12.2. The van der Waals surface area contributed by atoms with Crippen molar-refractivity contribution in [2.45, 2.75) is 45.6 Å². The molecule has 0 amide bonds. The minimum Gasteiger partial charge on any atom is -0.298 e. The van der Waals surface area contributed by atoms with E-state index in [9.17, 15) is 4.39 Å². The van der Waals surface area contributed by atoms with Gasteiger partial charge in [-0.15, -0.1) is 0 Å². The highest BCUT2D eigenvalue weighted by Gasteiger charge is 2.46. The Labute approximate surface area is 109 Å². The highest BCUT2D eigenvalue weighted by molar-refractivity contribution is 5.27. The first-order valence-electron chi connectivity index (χ1n) is 7.09. The second kappa shape index (κ2) is 4.34. The van der Waals surface area contributed by atoms with Crippen LogP contribution in [-0.4, -0.2) is 18.0 Å². The molecular weight excluding hydrogens is 225 g/mol. The van der Waals surface area contributed by atoms with Crippen molar-refractivity contribution in [2.75, 3.05) is 13.1 Å². The van der Waals surface area contributed by atoms with Crippen LogP contribution < -0.4 is 0 Å². The summed E-state index contributed by atoms with van der Waals surface area (Å²) >= 11 is 0. The Hall–Kier alpha value is -0.890. The first-order chi connectivity index (χ1) is 8.58. The Morgan fingerprint density at radius 2 is 2.00 bits per heavy atom. The zero-order valence-corrected chi connectivity index (χ0v) is 11.4. The lowest BCUT2D eigenvalue weighted by Gasteiger charge is -2.56. The summed E-state index contributed by atoms with van der Waals surface area (Å²) in [7, 11) is 0. The van der Waals surface area contributed by atoms with Crippen LogP contribution in [0, 0.1) is 11.2 Å². The molecule has 1 aromatic rings. The lowest BCUT2D eigenvalue weighted by atomic mass is 9.63. The lowest BCUT2D eigenvalue weighted by Crippen LogP contribution is -2.58. The summed E-state index contributed by atoms with van der Waals surface area (Å²) in [4.78, 5) is 2.50. The summed E-state index contributed by atoms with van der Waals surface area (Å²) in [6, 6.07) is 5.61. The van der Waals surface area contributed by atoms with Crippen LogP contribution in [0.3, 0.4) is 0 Å². The van der Waals surface area contributed by atoms with Gasteiger partial charge in [-0.2, -0.15) is 0 Å². The number of benzene rings is 1. The predicted octanol–water partition coefficient (Wildman–Crippen LogP) is 3.94. The van der Waals surface area contributed by atoms with Crippen molar-refractivity contribution < 1.29 is 4.39 Å². The van der Waals surface area contributed by atoms with Gasteiger partial charge >= 0.3 is 0 Å². The molecule has 0 atom stereocenters. The van der Waals surface area contributed by atoms with Crippen LogP contribution in [0.25, 0.3) is 0 Å². The minimum absolute atomic E-state index is 0.0622. The van der Waals surface area contributed by atoms with Crippen molar-refractivity contribution in [3.05, 3.63) is 35.1 Å². The van der Waals surface area contributed by atoms with Gasteiger partial charge in [0.1, 0.15) is 5.82 Å². The van der Waals surface area contributed by atoms with E-state index in [1.165, 1.54) is 37.9 Å². The monoisotopic (exact) mass is 247 g/mol. The Morgan fingerprint density at radius 3 is 2.56 bits per heavy atom. The molecule has 0 bridgehead atoms. The Balaban J connectivity index is 1.65. The van der Waals surface area contributed by atoms with Crippen molar-refractivity contribution in [3.8, 4) is 0 Å². The van der Waals surface area contributed by atoms with Crippen molar-refractivity contribution >= 4 is 0 Å². The molecule has 1 aliphatic heterocycles. The van der Waals surface area contributed by atoms with Gasteiger partial charge in [-0.25, -0.2) is 4.39 Å². The summed E-state index contributed by atoms with van der Waals surface area (Å²) in [5.41, 5.74) is 2.79. The van der Waals surface area contributed by atoms with Crippen LogP contribution in [0.15, 0.2) is 18.2 Å². The fourth-order valence-corrected chi connectivity index (χ4v) is 3.40. The van der Waals surface area contributed by atoms with E-state index in [4.69, 9.17) is 0 Å². The van der Waals surface area contributed by atoms with E-state index in [0.29, 0.717) is 5.41 Å². The Morgan fingerprint density at radius 1 is 1.28 bits per heavy atom. The van der Waals surface area contributed by atoms with Gasteiger partial charge in [0.25, 0.3) is 0 Å². The maximum atomic E-state index is 13.6. The number of hydrogen-bond donors (Lipinski definition) is 0. The van der Waals surface area contributed by atoms with Gasteiger partial charge in [-0.1, -0.05) is 32.4 Å². The molecule has 1 aromatic carbocycles. The topological polar surface area (TPSA) is 3.24 Å². The summed E-state index contributed by atoms with van der Waals surface area (Å²) in [6.45, 7) is 7.59. The number of halogens is 1. The highest BCUT2D eigenvalue weighted by atomic mass is 19.1. The first-order valence-corrected chi connectivity index (χ1v) is 7.09. The van der Waals surface area contributed by atoms with E-state index in [1.807, 2.05) is 12.1 Å². The van der Waals surface area contributed by atoms with Crippen molar-refractivity contribution in [1.29, 1.82) is 0 Å². The van der Waals surface area contributed by atoms with Crippen molar-refractivity contribution in [3.63, 3.8) is 0 Å². The predicted molar refractivity (Wildman–Crippen MR) is 72.1 cm³/mol. The summed E-state index contributed by atoms with van der Waals surface area (Å²) in [5.74, 6) is 0.201. The van der Waals surface area contributed by atoms with Gasteiger partial charge < -0.3 is 0 Å². The molecule has 1 spiro atoms. The molecule has 1 aliphatic carbocycles. The molecule has 0 unspecified atom stereocenters. The fourth-order valence-electron chi connectivity index (χ4n) is 3.40. The summed E-state index contributed by atoms with van der Waals surface area (Å²) < 4.78 is 13.6. The molecule has 0 N–H and O–H groups in total. The quantitative estimate of drug-likeness (QED) is 0.782.